The molecule has 3 aromatic carbocycles. The Bertz CT molecular complexity index is 1540. The molecule has 0 aliphatic heterocycles. The van der Waals surface area contributed by atoms with Crippen LogP contribution in [-0.4, -0.2) is 22.2 Å². The Kier molecular flexibility index (Phi) is 5.36. The minimum Gasteiger partial charge on any atom is -0.504 e. The highest BCUT2D eigenvalue weighted by molar-refractivity contribution is 5.88. The third kappa shape index (κ3) is 3.96. The van der Waals surface area contributed by atoms with Crippen molar-refractivity contribution in [2.45, 2.75) is 13.3 Å². The number of aryl methyl sites for hydroxylation is 1. The summed E-state index contributed by atoms with van der Waals surface area (Å²) in [4.78, 5) is 8.67. The van der Waals surface area contributed by atoms with Crippen molar-refractivity contribution < 1.29 is 14.3 Å². The Morgan fingerprint density at radius 2 is 1.88 bits per heavy atom. The lowest BCUT2D eigenvalue weighted by molar-refractivity contribution is 0.373. The van der Waals surface area contributed by atoms with Crippen LogP contribution in [0.5, 0.6) is 11.5 Å². The number of para-hydroxylation sites is 1. The van der Waals surface area contributed by atoms with Crippen LogP contribution in [0.1, 0.15) is 12.5 Å². The molecule has 5 rings (SSSR count). The molecule has 2 aromatic heterocycles. The Balaban J connectivity index is 1.68. The molecule has 0 bridgehead atoms. The Labute approximate surface area is 190 Å². The van der Waals surface area contributed by atoms with Gasteiger partial charge in [-0.15, -0.1) is 0 Å². The second-order valence-corrected chi connectivity index (χ2v) is 7.53. The van der Waals surface area contributed by atoms with Gasteiger partial charge < -0.3 is 14.3 Å². The third-order valence-corrected chi connectivity index (χ3v) is 5.51. The molecule has 0 saturated carbocycles. The van der Waals surface area contributed by atoms with E-state index in [0.29, 0.717) is 28.3 Å². The number of fused-ring (bicyclic) bond motifs is 2. The fourth-order valence-corrected chi connectivity index (χ4v) is 3.71. The highest BCUT2D eigenvalue weighted by Gasteiger charge is 2.10. The van der Waals surface area contributed by atoms with Crippen LogP contribution < -0.4 is 15.5 Å². The first-order valence-corrected chi connectivity index (χ1v) is 10.6. The van der Waals surface area contributed by atoms with E-state index in [0.717, 1.165) is 28.3 Å². The van der Waals surface area contributed by atoms with E-state index in [-0.39, 0.29) is 5.75 Å². The van der Waals surface area contributed by atoms with Gasteiger partial charge >= 0.3 is 0 Å². The molecule has 0 unspecified atom stereocenters. The van der Waals surface area contributed by atoms with Gasteiger partial charge in [0.2, 0.25) is 0 Å². The van der Waals surface area contributed by atoms with Crippen molar-refractivity contribution in [3.63, 3.8) is 0 Å². The number of methoxy groups -OCH3 is 1. The summed E-state index contributed by atoms with van der Waals surface area (Å²) < 4.78 is 11.5. The zero-order valence-corrected chi connectivity index (χ0v) is 18.2. The van der Waals surface area contributed by atoms with E-state index in [1.54, 1.807) is 18.2 Å². The Hall–Kier alpha value is -4.39. The van der Waals surface area contributed by atoms with Crippen molar-refractivity contribution in [1.29, 1.82) is 0 Å². The zero-order chi connectivity index (χ0) is 22.8. The number of aromatic nitrogens is 2. The average molecular weight is 438 g/mol. The number of phenolic OH excluding ortho intramolecular Hbond substituents is 1. The summed E-state index contributed by atoms with van der Waals surface area (Å²) >= 11 is 0. The van der Waals surface area contributed by atoms with Gasteiger partial charge in [0, 0.05) is 22.4 Å². The summed E-state index contributed by atoms with van der Waals surface area (Å²) in [6.07, 6.45) is 2.41. The number of phenols is 1. The maximum atomic E-state index is 9.97. The summed E-state index contributed by atoms with van der Waals surface area (Å²) in [7, 11) is 1.51. The van der Waals surface area contributed by atoms with E-state index in [1.807, 2.05) is 42.5 Å². The van der Waals surface area contributed by atoms with Crippen LogP contribution in [0.3, 0.4) is 0 Å². The van der Waals surface area contributed by atoms with Crippen molar-refractivity contribution in [3.05, 3.63) is 84.0 Å². The molecule has 0 fully saturated rings. The lowest BCUT2D eigenvalue weighted by Crippen LogP contribution is -2.09. The van der Waals surface area contributed by atoms with Gasteiger partial charge in [0.1, 0.15) is 17.7 Å². The molecule has 2 heterocycles. The van der Waals surface area contributed by atoms with Gasteiger partial charge in [-0.1, -0.05) is 25.1 Å². The summed E-state index contributed by atoms with van der Waals surface area (Å²) in [5.74, 6) is 1.65. The summed E-state index contributed by atoms with van der Waals surface area (Å²) in [5, 5.41) is 17.1. The fraction of sp³-hybridized carbons (Fsp3) is 0.115. The molecule has 2 N–H and O–H groups in total. The monoisotopic (exact) mass is 438 g/mol. The minimum absolute atomic E-state index is 0.0665. The van der Waals surface area contributed by atoms with Crippen LogP contribution in [0.15, 0.2) is 82.6 Å². The molecular weight excluding hydrogens is 416 g/mol. The molecule has 0 radical (unpaired) electrons. The molecule has 0 amide bonds. The molecule has 164 valence electrons. The van der Waals surface area contributed by atoms with Gasteiger partial charge in [-0.3, -0.25) is 5.43 Å². The summed E-state index contributed by atoms with van der Waals surface area (Å²) in [5.41, 5.74) is 6.59. The van der Waals surface area contributed by atoms with Crippen LogP contribution in [0.2, 0.25) is 0 Å². The highest BCUT2D eigenvalue weighted by atomic mass is 16.5. The zero-order valence-electron chi connectivity index (χ0n) is 18.2. The van der Waals surface area contributed by atoms with Crippen molar-refractivity contribution in [1.82, 2.24) is 9.97 Å². The van der Waals surface area contributed by atoms with Crippen LogP contribution in [-0.2, 0) is 6.42 Å². The lowest BCUT2D eigenvalue weighted by Gasteiger charge is -2.09. The molecule has 7 heteroatoms. The van der Waals surface area contributed by atoms with E-state index in [1.165, 1.54) is 19.0 Å². The molecule has 0 atom stereocenters. The number of ether oxygens (including phenoxy) is 1. The van der Waals surface area contributed by atoms with Crippen molar-refractivity contribution in [2.75, 3.05) is 12.5 Å². The van der Waals surface area contributed by atoms with E-state index >= 15 is 0 Å². The first-order valence-electron chi connectivity index (χ1n) is 10.6. The largest absolute Gasteiger partial charge is 0.504 e. The summed E-state index contributed by atoms with van der Waals surface area (Å²) in [6, 6.07) is 20.8. The Morgan fingerprint density at radius 1 is 1.00 bits per heavy atom. The van der Waals surface area contributed by atoms with Gasteiger partial charge in [-0.05, 0) is 54.4 Å². The molecule has 0 aliphatic carbocycles. The maximum Gasteiger partial charge on any atom is 0.161 e. The van der Waals surface area contributed by atoms with Gasteiger partial charge in [0.05, 0.1) is 18.0 Å². The predicted octanol–water partition coefficient (Wildman–Crippen LogP) is 5.25. The second-order valence-electron chi connectivity index (χ2n) is 7.53. The van der Waals surface area contributed by atoms with Crippen molar-refractivity contribution >= 4 is 27.7 Å². The van der Waals surface area contributed by atoms with Gasteiger partial charge in [0.15, 0.2) is 17.3 Å². The first-order chi connectivity index (χ1) is 16.2. The standard InChI is InChI=1S/C26H22N4O3/c1-3-16-8-11-23-19(12-16)21(14-24(33-23)17-9-10-22(31)25(13-17)32-2)29-30-26-18-6-4-5-7-20(18)27-15-28-26/h4-15,31H,3H2,1-2H3,(H,27,28,30). The number of anilines is 1. The number of nitrogens with zero attached hydrogens (tertiary/aromatic N) is 3. The van der Waals surface area contributed by atoms with Crippen LogP contribution in [0.4, 0.5) is 5.82 Å². The third-order valence-electron chi connectivity index (χ3n) is 5.51. The molecule has 0 saturated heterocycles. The van der Waals surface area contributed by atoms with Crippen LogP contribution >= 0.6 is 0 Å². The minimum atomic E-state index is 0.0665. The van der Waals surface area contributed by atoms with E-state index < -0.39 is 0 Å². The second kappa shape index (κ2) is 8.63. The normalized spacial score (nSPS) is 11.8. The average Bonchev–Trinajstić information content (AvgIpc) is 2.87. The predicted molar refractivity (Wildman–Crippen MR) is 128 cm³/mol. The summed E-state index contributed by atoms with van der Waals surface area (Å²) in [6.45, 7) is 2.11. The number of rotatable bonds is 5. The van der Waals surface area contributed by atoms with Gasteiger partial charge in [0.25, 0.3) is 0 Å². The molecule has 0 spiro atoms. The number of aromatic hydroxyl groups is 1. The number of benzene rings is 3. The SMILES string of the molecule is CCc1ccc2oc(-c3ccc(O)c(OC)c3)cc(=NNc3ncnc4ccccc34)c2c1. The van der Waals surface area contributed by atoms with Gasteiger partial charge in [-0.25, -0.2) is 9.97 Å². The molecule has 0 aliphatic rings. The van der Waals surface area contributed by atoms with E-state index in [4.69, 9.17) is 14.3 Å². The topological polar surface area (TPSA) is 92.8 Å². The van der Waals surface area contributed by atoms with E-state index in [2.05, 4.69) is 28.4 Å². The smallest absolute Gasteiger partial charge is 0.161 e. The van der Waals surface area contributed by atoms with E-state index in [9.17, 15) is 5.11 Å². The lowest BCUT2D eigenvalue weighted by atomic mass is 10.1. The number of hydrogen-bond acceptors (Lipinski definition) is 7. The molecular formula is C26H22N4O3. The Morgan fingerprint density at radius 3 is 2.73 bits per heavy atom. The van der Waals surface area contributed by atoms with Crippen LogP contribution in [0.25, 0.3) is 33.2 Å². The van der Waals surface area contributed by atoms with Crippen molar-refractivity contribution in [3.8, 4) is 22.8 Å². The molecule has 33 heavy (non-hydrogen) atoms. The number of hydrogen-bond donors (Lipinski definition) is 2. The fourth-order valence-electron chi connectivity index (χ4n) is 3.71. The number of nitrogens with one attached hydrogen (secondary N) is 1. The molecule has 5 aromatic rings. The van der Waals surface area contributed by atoms with Crippen molar-refractivity contribution in [2.24, 2.45) is 5.10 Å². The van der Waals surface area contributed by atoms with Crippen LogP contribution in [0, 0.1) is 0 Å². The highest BCUT2D eigenvalue weighted by Crippen LogP contribution is 2.32. The molecule has 7 nitrogen and oxygen atoms in total. The quantitative estimate of drug-likeness (QED) is 0.364. The van der Waals surface area contributed by atoms with Gasteiger partial charge in [-0.2, -0.15) is 5.10 Å². The maximum absolute atomic E-state index is 9.97. The first kappa shape index (κ1) is 20.5.